The summed E-state index contributed by atoms with van der Waals surface area (Å²) in [6, 6.07) is 11.5. The average Bonchev–Trinajstić information content (AvgIpc) is 2.74. The molecule has 2 amide bonds. The van der Waals surface area contributed by atoms with E-state index in [-0.39, 0.29) is 36.3 Å². The van der Waals surface area contributed by atoms with Gasteiger partial charge in [-0.3, -0.25) is 14.5 Å². The normalized spacial score (nSPS) is 20.7. The van der Waals surface area contributed by atoms with Gasteiger partial charge in [0, 0.05) is 31.6 Å². The molecule has 2 aliphatic heterocycles. The van der Waals surface area contributed by atoms with E-state index in [2.05, 4.69) is 10.2 Å². The molecule has 0 radical (unpaired) electrons. The molecule has 2 heterocycles. The summed E-state index contributed by atoms with van der Waals surface area (Å²) in [6.45, 7) is 4.05. The van der Waals surface area contributed by atoms with Crippen molar-refractivity contribution in [2.24, 2.45) is 0 Å². The highest BCUT2D eigenvalue weighted by atomic mass is 35.5. The van der Waals surface area contributed by atoms with Crippen molar-refractivity contribution < 1.29 is 23.5 Å². The van der Waals surface area contributed by atoms with E-state index in [0.29, 0.717) is 49.3 Å². The number of benzene rings is 2. The average molecular weight is 462 g/mol. The molecule has 2 aromatic rings. The third-order valence-electron chi connectivity index (χ3n) is 5.66. The van der Waals surface area contributed by atoms with Crippen LogP contribution >= 0.6 is 11.6 Å². The number of nitrogens with zero attached hydrogens (tertiary/aromatic N) is 2. The molecular weight excluding hydrogens is 437 g/mol. The third-order valence-corrected chi connectivity index (χ3v) is 5.89. The van der Waals surface area contributed by atoms with E-state index in [1.165, 1.54) is 19.1 Å². The molecule has 1 N–H and O–H groups in total. The lowest BCUT2D eigenvalue weighted by Crippen LogP contribution is -2.65. The van der Waals surface area contributed by atoms with Crippen LogP contribution in [0.1, 0.15) is 12.5 Å². The van der Waals surface area contributed by atoms with Crippen LogP contribution in [-0.2, 0) is 20.9 Å². The standard InChI is InChI=1S/C23H25ClFN3O4/c1-15(29)26-21-8-17(24)4-7-22(21)32-14-23(30)27-10-19-12-31-13-20(11-27)28(19)9-16-2-5-18(25)6-3-16/h2-8,19-20H,9-14H2,1H3,(H,26,29). The van der Waals surface area contributed by atoms with Crippen molar-refractivity contribution in [2.75, 3.05) is 38.2 Å². The summed E-state index contributed by atoms with van der Waals surface area (Å²) in [6.07, 6.45) is 0. The number of nitrogens with one attached hydrogen (secondary N) is 1. The van der Waals surface area contributed by atoms with Gasteiger partial charge in [-0.05, 0) is 35.9 Å². The van der Waals surface area contributed by atoms with E-state index >= 15 is 0 Å². The Hall–Kier alpha value is -2.68. The molecule has 0 aliphatic carbocycles. The van der Waals surface area contributed by atoms with E-state index in [1.54, 1.807) is 35.2 Å². The second-order valence-corrected chi connectivity index (χ2v) is 8.49. The zero-order valence-electron chi connectivity index (χ0n) is 17.7. The minimum atomic E-state index is -0.256. The molecule has 7 nitrogen and oxygen atoms in total. The fourth-order valence-corrected chi connectivity index (χ4v) is 4.31. The van der Waals surface area contributed by atoms with Crippen molar-refractivity contribution in [2.45, 2.75) is 25.6 Å². The highest BCUT2D eigenvalue weighted by Crippen LogP contribution is 2.29. The molecular formula is C23H25ClFN3O4. The van der Waals surface area contributed by atoms with Crippen LogP contribution in [0.5, 0.6) is 5.75 Å². The predicted octanol–water partition coefficient (Wildman–Crippen LogP) is 2.93. The minimum Gasteiger partial charge on any atom is -0.482 e. The number of anilines is 1. The molecule has 2 saturated heterocycles. The lowest BCUT2D eigenvalue weighted by molar-refractivity contribution is -0.147. The molecule has 0 saturated carbocycles. The molecule has 2 aliphatic rings. The molecule has 32 heavy (non-hydrogen) atoms. The first-order valence-corrected chi connectivity index (χ1v) is 10.8. The van der Waals surface area contributed by atoms with Crippen LogP contribution in [0.4, 0.5) is 10.1 Å². The second kappa shape index (κ2) is 9.85. The summed E-state index contributed by atoms with van der Waals surface area (Å²) in [4.78, 5) is 28.5. The molecule has 0 spiro atoms. The fourth-order valence-electron chi connectivity index (χ4n) is 4.14. The van der Waals surface area contributed by atoms with Gasteiger partial charge in [-0.2, -0.15) is 0 Å². The van der Waals surface area contributed by atoms with Crippen LogP contribution in [0, 0.1) is 5.82 Å². The number of hydrogen-bond acceptors (Lipinski definition) is 5. The van der Waals surface area contributed by atoms with Crippen molar-refractivity contribution in [1.82, 2.24) is 9.80 Å². The molecule has 0 aromatic heterocycles. The number of amides is 2. The lowest BCUT2D eigenvalue weighted by atomic mass is 10.0. The number of carbonyl (C=O) groups excluding carboxylic acids is 2. The van der Waals surface area contributed by atoms with Gasteiger partial charge in [-0.15, -0.1) is 0 Å². The first-order chi connectivity index (χ1) is 15.4. The van der Waals surface area contributed by atoms with Crippen LogP contribution < -0.4 is 10.1 Å². The number of morpholine rings is 1. The van der Waals surface area contributed by atoms with Gasteiger partial charge in [0.2, 0.25) is 5.91 Å². The van der Waals surface area contributed by atoms with Crippen LogP contribution in [-0.4, -0.2) is 66.6 Å². The van der Waals surface area contributed by atoms with Gasteiger partial charge in [-0.25, -0.2) is 4.39 Å². The Kier molecular flexibility index (Phi) is 6.93. The number of piperazine rings is 1. The summed E-state index contributed by atoms with van der Waals surface area (Å²) in [5.74, 6) is -0.257. The largest absolute Gasteiger partial charge is 0.482 e. The number of halogens is 2. The van der Waals surface area contributed by atoms with Gasteiger partial charge < -0.3 is 19.7 Å². The topological polar surface area (TPSA) is 71.1 Å². The van der Waals surface area contributed by atoms with Crippen molar-refractivity contribution in [3.05, 3.63) is 58.9 Å². The quantitative estimate of drug-likeness (QED) is 0.716. The molecule has 2 aromatic carbocycles. The summed E-state index contributed by atoms with van der Waals surface area (Å²) in [5.41, 5.74) is 1.45. The van der Waals surface area contributed by atoms with Crippen LogP contribution in [0.2, 0.25) is 5.02 Å². The maximum Gasteiger partial charge on any atom is 0.260 e. The number of carbonyl (C=O) groups is 2. The van der Waals surface area contributed by atoms with E-state index in [0.717, 1.165) is 5.56 Å². The first-order valence-electron chi connectivity index (χ1n) is 10.4. The van der Waals surface area contributed by atoms with Gasteiger partial charge in [0.05, 0.1) is 31.0 Å². The molecule has 9 heteroatoms. The Balaban J connectivity index is 1.38. The molecule has 2 fully saturated rings. The molecule has 170 valence electrons. The Morgan fingerprint density at radius 3 is 2.50 bits per heavy atom. The lowest BCUT2D eigenvalue weighted by Gasteiger charge is -2.49. The van der Waals surface area contributed by atoms with E-state index < -0.39 is 0 Å². The number of fused-ring (bicyclic) bond motifs is 2. The molecule has 2 unspecified atom stereocenters. The smallest absolute Gasteiger partial charge is 0.260 e. The maximum atomic E-state index is 13.2. The van der Waals surface area contributed by atoms with Gasteiger partial charge in [0.1, 0.15) is 11.6 Å². The monoisotopic (exact) mass is 461 g/mol. The Bertz CT molecular complexity index is 974. The Morgan fingerprint density at radius 1 is 1.16 bits per heavy atom. The zero-order chi connectivity index (χ0) is 22.7. The SMILES string of the molecule is CC(=O)Nc1cc(Cl)ccc1OCC(=O)N1CC2COCC(C1)N2Cc1ccc(F)cc1. The predicted molar refractivity (Wildman–Crippen MR) is 118 cm³/mol. The van der Waals surface area contributed by atoms with E-state index in [4.69, 9.17) is 21.1 Å². The van der Waals surface area contributed by atoms with Crippen molar-refractivity contribution in [1.29, 1.82) is 0 Å². The fraction of sp³-hybridized carbons (Fsp3) is 0.391. The van der Waals surface area contributed by atoms with E-state index in [9.17, 15) is 14.0 Å². The van der Waals surface area contributed by atoms with Crippen LogP contribution in [0.15, 0.2) is 42.5 Å². The summed E-state index contributed by atoms with van der Waals surface area (Å²) in [5, 5.41) is 3.12. The van der Waals surface area contributed by atoms with Crippen molar-refractivity contribution in [3.8, 4) is 5.75 Å². The van der Waals surface area contributed by atoms with Gasteiger partial charge in [0.25, 0.3) is 5.91 Å². The van der Waals surface area contributed by atoms with Crippen molar-refractivity contribution in [3.63, 3.8) is 0 Å². The minimum absolute atomic E-state index is 0.0574. The van der Waals surface area contributed by atoms with Gasteiger partial charge in [-0.1, -0.05) is 23.7 Å². The highest BCUT2D eigenvalue weighted by Gasteiger charge is 2.39. The Labute approximate surface area is 191 Å². The first kappa shape index (κ1) is 22.5. The second-order valence-electron chi connectivity index (χ2n) is 8.05. The number of hydrogen-bond donors (Lipinski definition) is 1. The van der Waals surface area contributed by atoms with E-state index in [1.807, 2.05) is 0 Å². The molecule has 2 bridgehead atoms. The van der Waals surface area contributed by atoms with Crippen molar-refractivity contribution >= 4 is 29.1 Å². The van der Waals surface area contributed by atoms with Crippen LogP contribution in [0.3, 0.4) is 0 Å². The van der Waals surface area contributed by atoms with Gasteiger partial charge in [0.15, 0.2) is 6.61 Å². The van der Waals surface area contributed by atoms with Gasteiger partial charge >= 0.3 is 0 Å². The number of rotatable bonds is 6. The Morgan fingerprint density at radius 2 is 1.84 bits per heavy atom. The summed E-state index contributed by atoms with van der Waals surface area (Å²) < 4.78 is 24.7. The maximum absolute atomic E-state index is 13.2. The van der Waals surface area contributed by atoms with Crippen LogP contribution in [0.25, 0.3) is 0 Å². The number of ether oxygens (including phenoxy) is 2. The molecule has 4 rings (SSSR count). The molecule has 2 atom stereocenters. The summed E-state index contributed by atoms with van der Waals surface area (Å²) in [7, 11) is 0. The zero-order valence-corrected chi connectivity index (χ0v) is 18.5. The third kappa shape index (κ3) is 5.38. The highest BCUT2D eigenvalue weighted by molar-refractivity contribution is 6.31. The summed E-state index contributed by atoms with van der Waals surface area (Å²) >= 11 is 6.00.